The number of hydrogen-bond acceptors (Lipinski definition) is 6. The Kier molecular flexibility index (Phi) is 7.69. The third-order valence-corrected chi connectivity index (χ3v) is 4.11. The van der Waals surface area contributed by atoms with E-state index in [-0.39, 0.29) is 0 Å². The minimum atomic E-state index is -0.897. The number of nitrogens with one attached hydrogen (secondary N) is 2. The van der Waals surface area contributed by atoms with Crippen molar-refractivity contribution >= 4 is 29.7 Å². The highest BCUT2D eigenvalue weighted by atomic mass is 16.5. The van der Waals surface area contributed by atoms with E-state index >= 15 is 0 Å². The molecular formula is C24H21N3O5. The Morgan fingerprint density at radius 3 is 2.16 bits per heavy atom. The summed E-state index contributed by atoms with van der Waals surface area (Å²) >= 11 is 0. The van der Waals surface area contributed by atoms with E-state index in [2.05, 4.69) is 15.8 Å². The van der Waals surface area contributed by atoms with Crippen molar-refractivity contribution in [2.24, 2.45) is 5.10 Å². The summed E-state index contributed by atoms with van der Waals surface area (Å²) in [6.45, 7) is 2.43. The summed E-state index contributed by atoms with van der Waals surface area (Å²) in [6, 6.07) is 21.8. The fourth-order valence-electron chi connectivity index (χ4n) is 2.57. The molecular weight excluding hydrogens is 410 g/mol. The van der Waals surface area contributed by atoms with Crippen LogP contribution in [0.3, 0.4) is 0 Å². The lowest BCUT2D eigenvalue weighted by atomic mass is 10.2. The molecule has 0 radical (unpaired) electrons. The van der Waals surface area contributed by atoms with Crippen molar-refractivity contribution in [1.82, 2.24) is 5.43 Å². The summed E-state index contributed by atoms with van der Waals surface area (Å²) in [4.78, 5) is 35.9. The van der Waals surface area contributed by atoms with E-state index in [1.807, 2.05) is 6.92 Å². The molecule has 0 spiro atoms. The van der Waals surface area contributed by atoms with Crippen molar-refractivity contribution in [2.45, 2.75) is 6.92 Å². The van der Waals surface area contributed by atoms with Gasteiger partial charge in [-0.05, 0) is 73.2 Å². The van der Waals surface area contributed by atoms with Gasteiger partial charge in [-0.1, -0.05) is 18.2 Å². The molecule has 0 unspecified atom stereocenters. The number of benzene rings is 3. The van der Waals surface area contributed by atoms with Gasteiger partial charge in [0.1, 0.15) is 11.5 Å². The second kappa shape index (κ2) is 11.1. The number of carbonyl (C=O) groups excluding carboxylic acids is 3. The van der Waals surface area contributed by atoms with Crippen molar-refractivity contribution in [3.05, 3.63) is 90.0 Å². The van der Waals surface area contributed by atoms with E-state index in [9.17, 15) is 14.4 Å². The summed E-state index contributed by atoms with van der Waals surface area (Å²) in [7, 11) is 0. The maximum atomic E-state index is 12.2. The first kappa shape index (κ1) is 22.2. The van der Waals surface area contributed by atoms with Crippen molar-refractivity contribution in [1.29, 1.82) is 0 Å². The molecule has 0 saturated heterocycles. The zero-order valence-electron chi connectivity index (χ0n) is 17.3. The zero-order valence-corrected chi connectivity index (χ0v) is 17.3. The highest BCUT2D eigenvalue weighted by Crippen LogP contribution is 2.16. The summed E-state index contributed by atoms with van der Waals surface area (Å²) < 4.78 is 10.7. The van der Waals surface area contributed by atoms with E-state index in [0.717, 1.165) is 0 Å². The monoisotopic (exact) mass is 431 g/mol. The molecule has 0 bridgehead atoms. The number of anilines is 1. The second-order valence-electron chi connectivity index (χ2n) is 6.44. The first-order chi connectivity index (χ1) is 15.5. The number of hydrazone groups is 1. The molecule has 3 rings (SSSR count). The van der Waals surface area contributed by atoms with Gasteiger partial charge in [-0.15, -0.1) is 0 Å². The number of nitrogens with zero attached hydrogens (tertiary/aromatic N) is 1. The third-order valence-electron chi connectivity index (χ3n) is 4.11. The number of carbonyl (C=O) groups is 3. The molecule has 32 heavy (non-hydrogen) atoms. The van der Waals surface area contributed by atoms with E-state index in [1.165, 1.54) is 6.21 Å². The summed E-state index contributed by atoms with van der Waals surface area (Å²) in [5, 5.41) is 6.22. The molecule has 0 aromatic heterocycles. The van der Waals surface area contributed by atoms with Crippen LogP contribution in [0.1, 0.15) is 22.8 Å². The molecule has 8 nitrogen and oxygen atoms in total. The molecule has 0 saturated carbocycles. The van der Waals surface area contributed by atoms with Gasteiger partial charge in [0.05, 0.1) is 18.4 Å². The molecule has 0 atom stereocenters. The van der Waals surface area contributed by atoms with Crippen LogP contribution in [0, 0.1) is 0 Å². The standard InChI is InChI=1S/C24H21N3O5/c1-2-31-20-14-10-18(11-15-20)24(30)32-21-12-8-17(9-13-21)16-25-27-23(29)22(28)26-19-6-4-3-5-7-19/h3-16H,2H2,1H3,(H,26,28)(H,27,29)/b25-16+. The third kappa shape index (κ3) is 6.53. The average Bonchev–Trinajstić information content (AvgIpc) is 2.81. The summed E-state index contributed by atoms with van der Waals surface area (Å²) in [6.07, 6.45) is 1.37. The van der Waals surface area contributed by atoms with E-state index in [1.54, 1.807) is 78.9 Å². The first-order valence-corrected chi connectivity index (χ1v) is 9.79. The minimum absolute atomic E-state index is 0.354. The van der Waals surface area contributed by atoms with Gasteiger partial charge >= 0.3 is 17.8 Å². The van der Waals surface area contributed by atoms with Gasteiger partial charge < -0.3 is 14.8 Å². The SMILES string of the molecule is CCOc1ccc(C(=O)Oc2ccc(/C=N/NC(=O)C(=O)Nc3ccccc3)cc2)cc1. The van der Waals surface area contributed by atoms with Crippen LogP contribution < -0.4 is 20.2 Å². The van der Waals surface area contributed by atoms with E-state index in [4.69, 9.17) is 9.47 Å². The Balaban J connectivity index is 1.49. The lowest BCUT2D eigenvalue weighted by Crippen LogP contribution is -2.32. The maximum Gasteiger partial charge on any atom is 0.343 e. The predicted molar refractivity (Wildman–Crippen MR) is 120 cm³/mol. The second-order valence-corrected chi connectivity index (χ2v) is 6.44. The molecule has 0 aliphatic rings. The van der Waals surface area contributed by atoms with Gasteiger partial charge in [0.2, 0.25) is 0 Å². The van der Waals surface area contributed by atoms with Gasteiger partial charge in [0, 0.05) is 5.69 Å². The fourth-order valence-corrected chi connectivity index (χ4v) is 2.57. The van der Waals surface area contributed by atoms with Crippen molar-refractivity contribution in [3.8, 4) is 11.5 Å². The number of hydrogen-bond donors (Lipinski definition) is 2. The van der Waals surface area contributed by atoms with Crippen LogP contribution in [-0.4, -0.2) is 30.6 Å². The normalized spacial score (nSPS) is 10.4. The Bertz CT molecular complexity index is 1090. The zero-order chi connectivity index (χ0) is 22.8. The summed E-state index contributed by atoms with van der Waals surface area (Å²) in [5.74, 6) is -1.19. The number of rotatable bonds is 7. The molecule has 162 valence electrons. The largest absolute Gasteiger partial charge is 0.494 e. The molecule has 2 amide bonds. The van der Waals surface area contributed by atoms with Crippen LogP contribution in [-0.2, 0) is 9.59 Å². The number of amides is 2. The van der Waals surface area contributed by atoms with Gasteiger partial charge in [-0.3, -0.25) is 9.59 Å². The van der Waals surface area contributed by atoms with Gasteiger partial charge in [0.15, 0.2) is 0 Å². The molecule has 8 heteroatoms. The molecule has 0 aliphatic heterocycles. The summed E-state index contributed by atoms with van der Waals surface area (Å²) in [5.41, 5.74) is 3.69. The van der Waals surface area contributed by atoms with Crippen LogP contribution in [0.2, 0.25) is 0 Å². The van der Waals surface area contributed by atoms with Gasteiger partial charge in [0.25, 0.3) is 0 Å². The molecule has 3 aromatic rings. The van der Waals surface area contributed by atoms with Crippen LogP contribution in [0.15, 0.2) is 84.0 Å². The highest BCUT2D eigenvalue weighted by molar-refractivity contribution is 6.39. The van der Waals surface area contributed by atoms with Crippen molar-refractivity contribution in [2.75, 3.05) is 11.9 Å². The van der Waals surface area contributed by atoms with Crippen LogP contribution in [0.5, 0.6) is 11.5 Å². The lowest BCUT2D eigenvalue weighted by molar-refractivity contribution is -0.136. The Morgan fingerprint density at radius 2 is 1.50 bits per heavy atom. The van der Waals surface area contributed by atoms with Crippen molar-refractivity contribution in [3.63, 3.8) is 0 Å². The number of para-hydroxylation sites is 1. The predicted octanol–water partition coefficient (Wildman–Crippen LogP) is 3.39. The number of ether oxygens (including phenoxy) is 2. The van der Waals surface area contributed by atoms with Crippen LogP contribution in [0.25, 0.3) is 0 Å². The Hall–Kier alpha value is -4.46. The van der Waals surface area contributed by atoms with E-state index in [0.29, 0.717) is 34.9 Å². The minimum Gasteiger partial charge on any atom is -0.494 e. The Morgan fingerprint density at radius 1 is 0.844 bits per heavy atom. The molecule has 2 N–H and O–H groups in total. The first-order valence-electron chi connectivity index (χ1n) is 9.79. The smallest absolute Gasteiger partial charge is 0.343 e. The molecule has 0 heterocycles. The van der Waals surface area contributed by atoms with Gasteiger partial charge in [-0.25, -0.2) is 10.2 Å². The average molecular weight is 431 g/mol. The lowest BCUT2D eigenvalue weighted by Gasteiger charge is -2.06. The number of esters is 1. The topological polar surface area (TPSA) is 106 Å². The molecule has 0 aliphatic carbocycles. The quantitative estimate of drug-likeness (QED) is 0.196. The fraction of sp³-hybridized carbons (Fsp3) is 0.0833. The van der Waals surface area contributed by atoms with Crippen molar-refractivity contribution < 1.29 is 23.9 Å². The van der Waals surface area contributed by atoms with Gasteiger partial charge in [-0.2, -0.15) is 5.10 Å². The van der Waals surface area contributed by atoms with E-state index < -0.39 is 17.8 Å². The van der Waals surface area contributed by atoms with Crippen LogP contribution in [0.4, 0.5) is 5.69 Å². The Labute approximate surface area is 184 Å². The maximum absolute atomic E-state index is 12.2. The molecule has 0 fully saturated rings. The molecule has 3 aromatic carbocycles. The highest BCUT2D eigenvalue weighted by Gasteiger charge is 2.12. The van der Waals surface area contributed by atoms with Crippen LogP contribution >= 0.6 is 0 Å².